The first-order chi connectivity index (χ1) is 8.70. The van der Waals surface area contributed by atoms with Crippen LogP contribution in [0.15, 0.2) is 10.9 Å². The molecule has 0 spiro atoms. The maximum absolute atomic E-state index is 11.7. The van der Waals surface area contributed by atoms with Crippen LogP contribution in [0.4, 0.5) is 0 Å². The number of hydrogen-bond donors (Lipinski definition) is 2. The Morgan fingerprint density at radius 3 is 2.61 bits per heavy atom. The van der Waals surface area contributed by atoms with E-state index in [9.17, 15) is 4.79 Å². The van der Waals surface area contributed by atoms with Gasteiger partial charge >= 0.3 is 0 Å². The van der Waals surface area contributed by atoms with Crippen LogP contribution >= 0.6 is 0 Å². The van der Waals surface area contributed by atoms with Crippen molar-refractivity contribution in [1.82, 2.24) is 9.97 Å². The summed E-state index contributed by atoms with van der Waals surface area (Å²) in [5, 5.41) is 0. The molecule has 5 nitrogen and oxygen atoms in total. The number of H-pyrrole nitrogens is 1. The third-order valence-electron chi connectivity index (χ3n) is 3.74. The minimum Gasteiger partial charge on any atom is -0.370 e. The van der Waals surface area contributed by atoms with Gasteiger partial charge in [0.05, 0.1) is 5.69 Å². The molecule has 3 N–H and O–H groups in total. The zero-order valence-corrected chi connectivity index (χ0v) is 10.9. The number of rotatable bonds is 3. The summed E-state index contributed by atoms with van der Waals surface area (Å²) in [6.07, 6.45) is 6.44. The average Bonchev–Trinajstić information content (AvgIpc) is 2.64. The number of nitrogens with one attached hydrogen (secondary N) is 1. The smallest absolute Gasteiger partial charge is 0.251 e. The summed E-state index contributed by atoms with van der Waals surface area (Å²) in [7, 11) is 1.69. The van der Waals surface area contributed by atoms with Crippen LogP contribution in [-0.2, 0) is 16.9 Å². The molecule has 18 heavy (non-hydrogen) atoms. The SMILES string of the molecule is COC1(c2nc(CN)cc(=O)[nH]2)CCCCCC1. The van der Waals surface area contributed by atoms with Gasteiger partial charge in [-0.25, -0.2) is 4.98 Å². The molecule has 5 heteroatoms. The van der Waals surface area contributed by atoms with Gasteiger partial charge in [0.2, 0.25) is 0 Å². The highest BCUT2D eigenvalue weighted by Crippen LogP contribution is 2.36. The van der Waals surface area contributed by atoms with Crippen molar-refractivity contribution in [1.29, 1.82) is 0 Å². The molecule has 0 aliphatic heterocycles. The Kier molecular flexibility index (Phi) is 4.14. The lowest BCUT2D eigenvalue weighted by atomic mass is 9.93. The molecule has 1 aromatic heterocycles. The molecule has 1 heterocycles. The Bertz CT molecular complexity index is 448. The fraction of sp³-hybridized carbons (Fsp3) is 0.692. The van der Waals surface area contributed by atoms with Crippen molar-refractivity contribution >= 4 is 0 Å². The van der Waals surface area contributed by atoms with Gasteiger partial charge in [-0.3, -0.25) is 4.79 Å². The van der Waals surface area contributed by atoms with Crippen LogP contribution in [0.5, 0.6) is 0 Å². The second-order valence-electron chi connectivity index (χ2n) is 4.90. The topological polar surface area (TPSA) is 81.0 Å². The van der Waals surface area contributed by atoms with Crippen LogP contribution in [0, 0.1) is 0 Å². The Morgan fingerprint density at radius 1 is 1.39 bits per heavy atom. The summed E-state index contributed by atoms with van der Waals surface area (Å²) in [6, 6.07) is 1.45. The van der Waals surface area contributed by atoms with Gasteiger partial charge in [-0.05, 0) is 12.8 Å². The van der Waals surface area contributed by atoms with Gasteiger partial charge in [0.15, 0.2) is 0 Å². The first-order valence-corrected chi connectivity index (χ1v) is 6.56. The second kappa shape index (κ2) is 5.63. The molecule has 0 amide bonds. The van der Waals surface area contributed by atoms with E-state index in [1.165, 1.54) is 18.9 Å². The van der Waals surface area contributed by atoms with E-state index < -0.39 is 5.60 Å². The summed E-state index contributed by atoms with van der Waals surface area (Å²) in [4.78, 5) is 18.9. The van der Waals surface area contributed by atoms with Gasteiger partial charge in [-0.1, -0.05) is 25.7 Å². The molecular weight excluding hydrogens is 230 g/mol. The molecule has 1 aliphatic rings. The monoisotopic (exact) mass is 251 g/mol. The molecule has 0 atom stereocenters. The van der Waals surface area contributed by atoms with Crippen molar-refractivity contribution in [2.24, 2.45) is 5.73 Å². The number of hydrogen-bond acceptors (Lipinski definition) is 4. The summed E-state index contributed by atoms with van der Waals surface area (Å²) in [5.41, 5.74) is 5.60. The van der Waals surface area contributed by atoms with Crippen molar-refractivity contribution in [3.63, 3.8) is 0 Å². The van der Waals surface area contributed by atoms with Crippen molar-refractivity contribution in [2.75, 3.05) is 7.11 Å². The highest BCUT2D eigenvalue weighted by atomic mass is 16.5. The molecule has 0 aromatic carbocycles. The molecule has 1 aliphatic carbocycles. The zero-order chi connectivity index (χ0) is 13.0. The lowest BCUT2D eigenvalue weighted by Gasteiger charge is -2.30. The average molecular weight is 251 g/mol. The number of aromatic nitrogens is 2. The molecule has 1 aromatic rings. The van der Waals surface area contributed by atoms with Gasteiger partial charge in [0, 0.05) is 19.7 Å². The van der Waals surface area contributed by atoms with E-state index in [0.29, 0.717) is 11.5 Å². The number of methoxy groups -OCH3 is 1. The molecule has 1 saturated carbocycles. The lowest BCUT2D eigenvalue weighted by Crippen LogP contribution is -2.33. The van der Waals surface area contributed by atoms with Gasteiger partial charge in [0.25, 0.3) is 5.56 Å². The van der Waals surface area contributed by atoms with Crippen molar-refractivity contribution < 1.29 is 4.74 Å². The Labute approximate surface area is 107 Å². The van der Waals surface area contributed by atoms with E-state index in [0.717, 1.165) is 25.7 Å². The van der Waals surface area contributed by atoms with Crippen molar-refractivity contribution in [3.05, 3.63) is 27.9 Å². The maximum Gasteiger partial charge on any atom is 0.251 e. The molecule has 2 rings (SSSR count). The van der Waals surface area contributed by atoms with E-state index in [2.05, 4.69) is 9.97 Å². The minimum absolute atomic E-state index is 0.152. The Balaban J connectivity index is 2.42. The van der Waals surface area contributed by atoms with E-state index in [4.69, 9.17) is 10.5 Å². The Hall–Kier alpha value is -1.20. The normalized spacial score (nSPS) is 19.4. The molecule has 0 radical (unpaired) electrons. The minimum atomic E-state index is -0.444. The number of aromatic amines is 1. The molecule has 1 fully saturated rings. The van der Waals surface area contributed by atoms with Crippen molar-refractivity contribution in [3.8, 4) is 0 Å². The van der Waals surface area contributed by atoms with E-state index >= 15 is 0 Å². The number of nitrogens with zero attached hydrogens (tertiary/aromatic N) is 1. The molecule has 0 unspecified atom stereocenters. The highest BCUT2D eigenvalue weighted by molar-refractivity contribution is 5.09. The van der Waals surface area contributed by atoms with Crippen LogP contribution in [-0.4, -0.2) is 17.1 Å². The zero-order valence-electron chi connectivity index (χ0n) is 10.9. The summed E-state index contributed by atoms with van der Waals surface area (Å²) < 4.78 is 5.73. The highest BCUT2D eigenvalue weighted by Gasteiger charge is 2.35. The fourth-order valence-electron chi connectivity index (χ4n) is 2.67. The van der Waals surface area contributed by atoms with Gasteiger partial charge in [0.1, 0.15) is 11.4 Å². The molecule has 0 bridgehead atoms. The number of ether oxygens (including phenoxy) is 1. The number of nitrogens with two attached hydrogens (primary N) is 1. The Morgan fingerprint density at radius 2 is 2.06 bits per heavy atom. The van der Waals surface area contributed by atoms with Gasteiger partial charge in [-0.15, -0.1) is 0 Å². The largest absolute Gasteiger partial charge is 0.370 e. The van der Waals surface area contributed by atoms with Gasteiger partial charge < -0.3 is 15.5 Å². The van der Waals surface area contributed by atoms with Crippen LogP contribution in [0.1, 0.15) is 50.0 Å². The summed E-state index contributed by atoms with van der Waals surface area (Å²) >= 11 is 0. The first kappa shape index (κ1) is 13.2. The third-order valence-corrected chi connectivity index (χ3v) is 3.74. The quantitative estimate of drug-likeness (QED) is 0.796. The van der Waals surface area contributed by atoms with E-state index in [-0.39, 0.29) is 12.1 Å². The lowest BCUT2D eigenvalue weighted by molar-refractivity contribution is -0.0355. The van der Waals surface area contributed by atoms with Crippen LogP contribution in [0.25, 0.3) is 0 Å². The van der Waals surface area contributed by atoms with E-state index in [1.54, 1.807) is 7.11 Å². The van der Waals surface area contributed by atoms with Gasteiger partial charge in [-0.2, -0.15) is 0 Å². The van der Waals surface area contributed by atoms with Crippen LogP contribution in [0.3, 0.4) is 0 Å². The van der Waals surface area contributed by atoms with Crippen LogP contribution in [0.2, 0.25) is 0 Å². The fourth-order valence-corrected chi connectivity index (χ4v) is 2.67. The van der Waals surface area contributed by atoms with E-state index in [1.807, 2.05) is 0 Å². The summed E-state index contributed by atoms with van der Waals surface area (Å²) in [6.45, 7) is 0.275. The molecule has 100 valence electrons. The second-order valence-corrected chi connectivity index (χ2v) is 4.90. The predicted octanol–water partition coefficient (Wildman–Crippen LogP) is 1.42. The molecular formula is C13H21N3O2. The standard InChI is InChI=1S/C13H21N3O2/c1-18-13(6-4-2-3-5-7-13)12-15-10(9-14)8-11(17)16-12/h8H,2-7,9,14H2,1H3,(H,15,16,17). The van der Waals surface area contributed by atoms with Crippen molar-refractivity contribution in [2.45, 2.75) is 50.7 Å². The third kappa shape index (κ3) is 2.62. The predicted molar refractivity (Wildman–Crippen MR) is 69.1 cm³/mol. The first-order valence-electron chi connectivity index (χ1n) is 6.56. The molecule has 0 saturated heterocycles. The maximum atomic E-state index is 11.7. The van der Waals surface area contributed by atoms with Crippen LogP contribution < -0.4 is 11.3 Å². The summed E-state index contributed by atoms with van der Waals surface area (Å²) in [5.74, 6) is 0.639.